The maximum absolute atomic E-state index is 3.59. The first kappa shape index (κ1) is 13.4. The lowest BCUT2D eigenvalue weighted by atomic mass is 10.1. The minimum atomic E-state index is 0.710. The van der Waals surface area contributed by atoms with Gasteiger partial charge in [-0.1, -0.05) is 26.2 Å². The van der Waals surface area contributed by atoms with E-state index in [1.165, 1.54) is 56.6 Å². The highest BCUT2D eigenvalue weighted by Crippen LogP contribution is 2.27. The molecule has 0 radical (unpaired) electrons. The fourth-order valence-electron chi connectivity index (χ4n) is 2.34. The van der Waals surface area contributed by atoms with E-state index in [0.29, 0.717) is 6.04 Å². The van der Waals surface area contributed by atoms with Crippen LogP contribution in [0.4, 0.5) is 0 Å². The zero-order valence-corrected chi connectivity index (χ0v) is 11.2. The molecule has 1 rings (SSSR count). The Kier molecular flexibility index (Phi) is 7.54. The van der Waals surface area contributed by atoms with Crippen molar-refractivity contribution in [3.05, 3.63) is 0 Å². The minimum Gasteiger partial charge on any atom is -0.313 e. The second-order valence-electron chi connectivity index (χ2n) is 4.87. The van der Waals surface area contributed by atoms with Crippen LogP contribution >= 0.6 is 11.8 Å². The van der Waals surface area contributed by atoms with Gasteiger partial charge in [-0.2, -0.15) is 11.8 Å². The second kappa shape index (κ2) is 8.46. The van der Waals surface area contributed by atoms with E-state index in [0.717, 1.165) is 5.92 Å². The summed E-state index contributed by atoms with van der Waals surface area (Å²) in [6.45, 7) is 5.75. The van der Waals surface area contributed by atoms with Crippen LogP contribution < -0.4 is 5.32 Å². The smallest absolute Gasteiger partial charge is 0.00583 e. The van der Waals surface area contributed by atoms with Crippen molar-refractivity contribution in [3.63, 3.8) is 0 Å². The first-order chi connectivity index (χ1) is 7.33. The Morgan fingerprint density at radius 1 is 1.33 bits per heavy atom. The van der Waals surface area contributed by atoms with Crippen molar-refractivity contribution in [2.45, 2.75) is 58.4 Å². The Labute approximate surface area is 99.8 Å². The predicted octanol–water partition coefficient (Wildman–Crippen LogP) is 3.69. The van der Waals surface area contributed by atoms with Gasteiger partial charge in [0.25, 0.3) is 0 Å². The molecule has 0 saturated heterocycles. The maximum Gasteiger partial charge on any atom is 0.00583 e. The monoisotopic (exact) mass is 229 g/mol. The van der Waals surface area contributed by atoms with E-state index in [4.69, 9.17) is 0 Å². The van der Waals surface area contributed by atoms with Crippen molar-refractivity contribution in [1.82, 2.24) is 5.32 Å². The second-order valence-corrected chi connectivity index (χ2v) is 6.02. The molecule has 1 unspecified atom stereocenters. The molecule has 0 heterocycles. The first-order valence-corrected chi connectivity index (χ1v) is 7.79. The lowest BCUT2D eigenvalue weighted by Gasteiger charge is -2.13. The van der Waals surface area contributed by atoms with E-state index in [1.807, 2.05) is 0 Å². The molecule has 0 amide bonds. The van der Waals surface area contributed by atoms with E-state index in [1.54, 1.807) is 0 Å². The molecule has 1 aliphatic rings. The average Bonchev–Trinajstić information content (AvgIpc) is 2.70. The third-order valence-corrected chi connectivity index (χ3v) is 4.49. The molecule has 0 aliphatic heterocycles. The summed E-state index contributed by atoms with van der Waals surface area (Å²) in [7, 11) is 0. The standard InChI is InChI=1S/C13H27NS/c1-3-6-12(2)14-9-10-15-11-13-7-4-5-8-13/h12-14H,3-11H2,1-2H3. The van der Waals surface area contributed by atoms with Gasteiger partial charge in [0.2, 0.25) is 0 Å². The first-order valence-electron chi connectivity index (χ1n) is 6.64. The predicted molar refractivity (Wildman–Crippen MR) is 71.7 cm³/mol. The van der Waals surface area contributed by atoms with Gasteiger partial charge in [-0.15, -0.1) is 0 Å². The summed E-state index contributed by atoms with van der Waals surface area (Å²) in [5.74, 6) is 3.75. The molecule has 0 aromatic carbocycles. The van der Waals surface area contributed by atoms with Crippen molar-refractivity contribution >= 4 is 11.8 Å². The number of hydrogen-bond donors (Lipinski definition) is 1. The van der Waals surface area contributed by atoms with Crippen LogP contribution in [0.3, 0.4) is 0 Å². The number of thioether (sulfide) groups is 1. The molecule has 1 atom stereocenters. The highest BCUT2D eigenvalue weighted by atomic mass is 32.2. The van der Waals surface area contributed by atoms with Crippen LogP contribution in [-0.4, -0.2) is 24.1 Å². The van der Waals surface area contributed by atoms with Crippen molar-refractivity contribution < 1.29 is 0 Å². The Balaban J connectivity index is 1.84. The summed E-state index contributed by atoms with van der Waals surface area (Å²) >= 11 is 2.15. The summed E-state index contributed by atoms with van der Waals surface area (Å²) < 4.78 is 0. The topological polar surface area (TPSA) is 12.0 Å². The van der Waals surface area contributed by atoms with Crippen molar-refractivity contribution in [1.29, 1.82) is 0 Å². The van der Waals surface area contributed by atoms with Crippen LogP contribution in [0.25, 0.3) is 0 Å². The molecule has 0 bridgehead atoms. The molecule has 1 fully saturated rings. The highest BCUT2D eigenvalue weighted by Gasteiger charge is 2.14. The largest absolute Gasteiger partial charge is 0.313 e. The van der Waals surface area contributed by atoms with Crippen LogP contribution in [0.1, 0.15) is 52.4 Å². The van der Waals surface area contributed by atoms with Gasteiger partial charge in [0.05, 0.1) is 0 Å². The SMILES string of the molecule is CCCC(C)NCCSCC1CCCC1. The summed E-state index contributed by atoms with van der Waals surface area (Å²) in [5, 5.41) is 3.59. The van der Waals surface area contributed by atoms with Gasteiger partial charge in [-0.05, 0) is 37.9 Å². The molecule has 2 heteroatoms. The van der Waals surface area contributed by atoms with Gasteiger partial charge in [0.15, 0.2) is 0 Å². The third-order valence-electron chi connectivity index (χ3n) is 3.29. The quantitative estimate of drug-likeness (QED) is 0.637. The molecule has 0 spiro atoms. The molecule has 1 aliphatic carbocycles. The minimum absolute atomic E-state index is 0.710. The molecule has 0 aromatic rings. The summed E-state index contributed by atoms with van der Waals surface area (Å²) in [6.07, 6.45) is 8.56. The Morgan fingerprint density at radius 2 is 2.07 bits per heavy atom. The van der Waals surface area contributed by atoms with Gasteiger partial charge in [0, 0.05) is 18.3 Å². The molecular weight excluding hydrogens is 202 g/mol. The van der Waals surface area contributed by atoms with E-state index >= 15 is 0 Å². The van der Waals surface area contributed by atoms with Crippen LogP contribution in [0.5, 0.6) is 0 Å². The summed E-state index contributed by atoms with van der Waals surface area (Å²) in [5.41, 5.74) is 0. The van der Waals surface area contributed by atoms with E-state index in [9.17, 15) is 0 Å². The molecule has 1 N–H and O–H groups in total. The van der Waals surface area contributed by atoms with Gasteiger partial charge in [0.1, 0.15) is 0 Å². The average molecular weight is 229 g/mol. The van der Waals surface area contributed by atoms with Gasteiger partial charge in [-0.25, -0.2) is 0 Å². The number of nitrogens with one attached hydrogen (secondary N) is 1. The van der Waals surface area contributed by atoms with Crippen LogP contribution in [0.15, 0.2) is 0 Å². The maximum atomic E-state index is 3.59. The van der Waals surface area contributed by atoms with E-state index in [2.05, 4.69) is 30.9 Å². The van der Waals surface area contributed by atoms with Gasteiger partial charge < -0.3 is 5.32 Å². The lowest BCUT2D eigenvalue weighted by molar-refractivity contribution is 0.526. The Morgan fingerprint density at radius 3 is 2.73 bits per heavy atom. The molecule has 15 heavy (non-hydrogen) atoms. The van der Waals surface area contributed by atoms with Crippen LogP contribution in [0, 0.1) is 5.92 Å². The van der Waals surface area contributed by atoms with Crippen molar-refractivity contribution in [2.75, 3.05) is 18.1 Å². The highest BCUT2D eigenvalue weighted by molar-refractivity contribution is 7.99. The number of hydrogen-bond acceptors (Lipinski definition) is 2. The molecule has 90 valence electrons. The zero-order chi connectivity index (χ0) is 10.9. The fourth-order valence-corrected chi connectivity index (χ4v) is 3.44. The normalized spacial score (nSPS) is 19.6. The molecular formula is C13H27NS. The van der Waals surface area contributed by atoms with Crippen molar-refractivity contribution in [2.24, 2.45) is 5.92 Å². The van der Waals surface area contributed by atoms with E-state index in [-0.39, 0.29) is 0 Å². The summed E-state index contributed by atoms with van der Waals surface area (Å²) in [6, 6.07) is 0.710. The molecule has 1 saturated carbocycles. The van der Waals surface area contributed by atoms with Crippen LogP contribution in [-0.2, 0) is 0 Å². The molecule has 1 nitrogen and oxygen atoms in total. The van der Waals surface area contributed by atoms with Gasteiger partial charge in [-0.3, -0.25) is 0 Å². The third kappa shape index (κ3) is 6.47. The Hall–Kier alpha value is 0.310. The molecule has 0 aromatic heterocycles. The Bertz CT molecular complexity index is 143. The van der Waals surface area contributed by atoms with E-state index < -0.39 is 0 Å². The zero-order valence-electron chi connectivity index (χ0n) is 10.4. The van der Waals surface area contributed by atoms with Gasteiger partial charge >= 0.3 is 0 Å². The summed E-state index contributed by atoms with van der Waals surface area (Å²) in [4.78, 5) is 0. The van der Waals surface area contributed by atoms with Crippen molar-refractivity contribution in [3.8, 4) is 0 Å². The van der Waals surface area contributed by atoms with Crippen LogP contribution in [0.2, 0.25) is 0 Å². The lowest BCUT2D eigenvalue weighted by Crippen LogP contribution is -2.28. The fraction of sp³-hybridized carbons (Fsp3) is 1.00. The number of rotatable bonds is 8.